The van der Waals surface area contributed by atoms with Crippen molar-refractivity contribution in [1.82, 2.24) is 9.29 Å². The van der Waals surface area contributed by atoms with Crippen LogP contribution in [-0.2, 0) is 10.0 Å². The zero-order valence-corrected chi connectivity index (χ0v) is 11.7. The van der Waals surface area contributed by atoms with Gasteiger partial charge in [0.25, 0.3) is 11.5 Å². The van der Waals surface area contributed by atoms with E-state index in [4.69, 9.17) is 0 Å². The Kier molecular flexibility index (Phi) is 3.90. The van der Waals surface area contributed by atoms with Gasteiger partial charge in [-0.2, -0.15) is 0 Å². The number of rotatable bonds is 3. The molecule has 110 valence electrons. The van der Waals surface area contributed by atoms with Crippen molar-refractivity contribution in [2.45, 2.75) is 0 Å². The SMILES string of the molecule is CS(=O)(=O)NC(=O)c1ccc(=O)n(-c2ccc(F)cc2)c1. The smallest absolute Gasteiger partial charge is 0.266 e. The quantitative estimate of drug-likeness (QED) is 0.903. The molecule has 0 unspecified atom stereocenters. The maximum absolute atomic E-state index is 12.9. The third-order valence-electron chi connectivity index (χ3n) is 2.56. The van der Waals surface area contributed by atoms with Gasteiger partial charge in [-0.3, -0.25) is 14.2 Å². The third-order valence-corrected chi connectivity index (χ3v) is 3.11. The zero-order chi connectivity index (χ0) is 15.6. The molecule has 0 aliphatic heterocycles. The summed E-state index contributed by atoms with van der Waals surface area (Å²) in [7, 11) is -3.70. The Morgan fingerprint density at radius 1 is 1.14 bits per heavy atom. The molecule has 2 rings (SSSR count). The fraction of sp³-hybridized carbons (Fsp3) is 0.0769. The Hall–Kier alpha value is -2.48. The van der Waals surface area contributed by atoms with Crippen LogP contribution in [0.4, 0.5) is 4.39 Å². The first kappa shape index (κ1) is 14.9. The highest BCUT2D eigenvalue weighted by Gasteiger charge is 2.12. The topological polar surface area (TPSA) is 85.2 Å². The fourth-order valence-corrected chi connectivity index (χ4v) is 2.11. The number of sulfonamides is 1. The predicted octanol–water partition coefficient (Wildman–Crippen LogP) is 0.666. The van der Waals surface area contributed by atoms with Crippen molar-refractivity contribution in [2.75, 3.05) is 6.26 Å². The van der Waals surface area contributed by atoms with Crippen molar-refractivity contribution in [3.8, 4) is 5.69 Å². The van der Waals surface area contributed by atoms with E-state index in [0.29, 0.717) is 5.69 Å². The molecule has 2 aromatic rings. The lowest BCUT2D eigenvalue weighted by atomic mass is 10.2. The minimum Gasteiger partial charge on any atom is -0.284 e. The van der Waals surface area contributed by atoms with Crippen molar-refractivity contribution < 1.29 is 17.6 Å². The Balaban J connectivity index is 2.45. The van der Waals surface area contributed by atoms with E-state index in [0.717, 1.165) is 16.9 Å². The molecule has 21 heavy (non-hydrogen) atoms. The Bertz CT molecular complexity index is 841. The maximum atomic E-state index is 12.9. The van der Waals surface area contributed by atoms with Crippen LogP contribution in [0.2, 0.25) is 0 Å². The minimum absolute atomic E-state index is 0.00986. The number of halogens is 1. The molecule has 0 aliphatic carbocycles. The number of pyridine rings is 1. The Labute approximate surface area is 119 Å². The van der Waals surface area contributed by atoms with Gasteiger partial charge in [-0.1, -0.05) is 0 Å². The first-order valence-electron chi connectivity index (χ1n) is 5.77. The molecule has 0 saturated carbocycles. The summed E-state index contributed by atoms with van der Waals surface area (Å²) in [4.78, 5) is 23.5. The summed E-state index contributed by atoms with van der Waals surface area (Å²) in [5.41, 5.74) is -0.0859. The highest BCUT2D eigenvalue weighted by atomic mass is 32.2. The molecule has 1 heterocycles. The number of hydrogen-bond acceptors (Lipinski definition) is 4. The van der Waals surface area contributed by atoms with Gasteiger partial charge in [-0.05, 0) is 30.3 Å². The van der Waals surface area contributed by atoms with Gasteiger partial charge in [0, 0.05) is 18.0 Å². The van der Waals surface area contributed by atoms with Gasteiger partial charge in [0.15, 0.2) is 0 Å². The van der Waals surface area contributed by atoms with Crippen molar-refractivity contribution in [1.29, 1.82) is 0 Å². The molecule has 0 spiro atoms. The molecule has 0 radical (unpaired) electrons. The molecule has 0 saturated heterocycles. The number of nitrogens with one attached hydrogen (secondary N) is 1. The van der Waals surface area contributed by atoms with E-state index in [1.54, 1.807) is 4.72 Å². The number of nitrogens with zero attached hydrogens (tertiary/aromatic N) is 1. The van der Waals surface area contributed by atoms with E-state index in [1.165, 1.54) is 36.5 Å². The lowest BCUT2D eigenvalue weighted by Gasteiger charge is -2.08. The van der Waals surface area contributed by atoms with E-state index in [2.05, 4.69) is 0 Å². The zero-order valence-electron chi connectivity index (χ0n) is 10.9. The van der Waals surface area contributed by atoms with Crippen LogP contribution >= 0.6 is 0 Å². The summed E-state index contributed by atoms with van der Waals surface area (Å²) in [6.07, 6.45) is 2.04. The van der Waals surface area contributed by atoms with Crippen molar-refractivity contribution >= 4 is 15.9 Å². The molecule has 0 aliphatic rings. The second-order valence-electron chi connectivity index (χ2n) is 4.31. The van der Waals surface area contributed by atoms with Gasteiger partial charge in [-0.15, -0.1) is 0 Å². The minimum atomic E-state index is -3.70. The first-order valence-corrected chi connectivity index (χ1v) is 7.66. The summed E-state index contributed by atoms with van der Waals surface area (Å²) < 4.78 is 37.9. The van der Waals surface area contributed by atoms with E-state index in [-0.39, 0.29) is 5.56 Å². The number of carbonyl (C=O) groups excluding carboxylic acids is 1. The van der Waals surface area contributed by atoms with E-state index < -0.39 is 27.3 Å². The predicted molar refractivity (Wildman–Crippen MR) is 74.3 cm³/mol. The lowest BCUT2D eigenvalue weighted by Crippen LogP contribution is -2.30. The molecule has 8 heteroatoms. The van der Waals surface area contributed by atoms with Crippen LogP contribution in [0, 0.1) is 5.82 Å². The van der Waals surface area contributed by atoms with Crippen molar-refractivity contribution in [3.63, 3.8) is 0 Å². The summed E-state index contributed by atoms with van der Waals surface area (Å²) in [6.45, 7) is 0. The standard InChI is InChI=1S/C13H11FN2O4S/c1-21(19,20)15-13(18)9-2-7-12(17)16(8-9)11-5-3-10(14)4-6-11/h2-8H,1H3,(H,15,18). The number of amides is 1. The van der Waals surface area contributed by atoms with Gasteiger partial charge in [0.1, 0.15) is 5.82 Å². The van der Waals surface area contributed by atoms with Crippen LogP contribution in [0.3, 0.4) is 0 Å². The highest BCUT2D eigenvalue weighted by Crippen LogP contribution is 2.08. The largest absolute Gasteiger partial charge is 0.284 e. The molecule has 0 fully saturated rings. The second-order valence-corrected chi connectivity index (χ2v) is 6.05. The number of carbonyl (C=O) groups is 1. The van der Waals surface area contributed by atoms with Crippen LogP contribution in [0.25, 0.3) is 5.69 Å². The van der Waals surface area contributed by atoms with Gasteiger partial charge in [0.2, 0.25) is 10.0 Å². The number of aromatic nitrogens is 1. The Morgan fingerprint density at radius 3 is 2.33 bits per heavy atom. The molecule has 1 aromatic carbocycles. The van der Waals surface area contributed by atoms with Crippen LogP contribution in [0.5, 0.6) is 0 Å². The summed E-state index contributed by atoms with van der Waals surface area (Å²) in [6, 6.07) is 7.42. The summed E-state index contributed by atoms with van der Waals surface area (Å²) in [5, 5.41) is 0. The molecular formula is C13H11FN2O4S. The lowest BCUT2D eigenvalue weighted by molar-refractivity contribution is 0.0981. The summed E-state index contributed by atoms with van der Waals surface area (Å²) in [5.74, 6) is -1.31. The second kappa shape index (κ2) is 5.49. The van der Waals surface area contributed by atoms with E-state index in [9.17, 15) is 22.4 Å². The monoisotopic (exact) mass is 310 g/mol. The van der Waals surface area contributed by atoms with Crippen molar-refractivity contribution in [3.05, 3.63) is 64.3 Å². The van der Waals surface area contributed by atoms with Crippen LogP contribution in [-0.4, -0.2) is 25.1 Å². The van der Waals surface area contributed by atoms with Crippen LogP contribution in [0.1, 0.15) is 10.4 Å². The normalized spacial score (nSPS) is 11.1. The van der Waals surface area contributed by atoms with E-state index in [1.807, 2.05) is 0 Å². The van der Waals surface area contributed by atoms with Crippen molar-refractivity contribution in [2.24, 2.45) is 0 Å². The van der Waals surface area contributed by atoms with Gasteiger partial charge in [0.05, 0.1) is 11.8 Å². The average Bonchev–Trinajstić information content (AvgIpc) is 2.38. The summed E-state index contributed by atoms with van der Waals surface area (Å²) >= 11 is 0. The van der Waals surface area contributed by atoms with Gasteiger partial charge >= 0.3 is 0 Å². The molecule has 1 amide bonds. The molecule has 0 bridgehead atoms. The molecular weight excluding hydrogens is 299 g/mol. The van der Waals surface area contributed by atoms with Crippen LogP contribution < -0.4 is 10.3 Å². The average molecular weight is 310 g/mol. The molecule has 1 aromatic heterocycles. The van der Waals surface area contributed by atoms with Gasteiger partial charge in [-0.25, -0.2) is 17.5 Å². The van der Waals surface area contributed by atoms with Gasteiger partial charge < -0.3 is 0 Å². The molecule has 0 atom stereocenters. The van der Waals surface area contributed by atoms with E-state index >= 15 is 0 Å². The number of benzene rings is 1. The highest BCUT2D eigenvalue weighted by molar-refractivity contribution is 7.89. The first-order chi connectivity index (χ1) is 9.76. The van der Waals surface area contributed by atoms with Crippen LogP contribution in [0.15, 0.2) is 47.4 Å². The number of hydrogen-bond donors (Lipinski definition) is 1. The molecule has 1 N–H and O–H groups in total. The third kappa shape index (κ3) is 3.76. The molecule has 6 nitrogen and oxygen atoms in total. The maximum Gasteiger partial charge on any atom is 0.266 e. The Morgan fingerprint density at radius 2 is 1.76 bits per heavy atom. The fourth-order valence-electron chi connectivity index (χ4n) is 1.65.